The van der Waals surface area contributed by atoms with Crippen LogP contribution in [0.15, 0.2) is 0 Å². The molecular formula is C3H5Cl4NO3. The van der Waals surface area contributed by atoms with Gasteiger partial charge in [-0.2, -0.15) is 0 Å². The van der Waals surface area contributed by atoms with Gasteiger partial charge in [0.2, 0.25) is 3.79 Å². The molecule has 1 amide bonds. The van der Waals surface area contributed by atoms with Crippen molar-refractivity contribution in [1.29, 1.82) is 0 Å². The van der Waals surface area contributed by atoms with Crippen LogP contribution >= 0.6 is 46.4 Å². The Morgan fingerprint density at radius 1 is 1.45 bits per heavy atom. The lowest BCUT2D eigenvalue weighted by Gasteiger charge is -2.10. The van der Waals surface area contributed by atoms with Gasteiger partial charge < -0.3 is 15.9 Å². The van der Waals surface area contributed by atoms with E-state index in [-0.39, 0.29) is 0 Å². The van der Waals surface area contributed by atoms with Gasteiger partial charge in [0.1, 0.15) is 0 Å². The summed E-state index contributed by atoms with van der Waals surface area (Å²) < 4.78 is -1.76. The summed E-state index contributed by atoms with van der Waals surface area (Å²) in [4.78, 5) is 8.78. The standard InChI is InChI=1S/C2H2Cl4O.CH3NO2/c3-1(7)2(4,5)6;2-1(3)4/h1,7H;2H2,(H,3,4). The number of rotatable bonds is 0. The largest absolute Gasteiger partial charge is 0.465 e. The van der Waals surface area contributed by atoms with Gasteiger partial charge in [0.25, 0.3) is 0 Å². The molecule has 0 rings (SSSR count). The molecule has 0 spiro atoms. The van der Waals surface area contributed by atoms with Gasteiger partial charge in [-0.25, -0.2) is 4.79 Å². The Morgan fingerprint density at radius 3 is 1.55 bits per heavy atom. The number of aliphatic hydroxyl groups excluding tert-OH is 1. The van der Waals surface area contributed by atoms with Crippen LogP contribution in [0, 0.1) is 0 Å². The number of alkyl halides is 4. The van der Waals surface area contributed by atoms with E-state index < -0.39 is 15.4 Å². The molecule has 11 heavy (non-hydrogen) atoms. The average molecular weight is 245 g/mol. The van der Waals surface area contributed by atoms with Crippen LogP contribution in [0.3, 0.4) is 0 Å². The van der Waals surface area contributed by atoms with Gasteiger partial charge in [-0.1, -0.05) is 46.4 Å². The maximum Gasteiger partial charge on any atom is 0.402 e. The number of nitrogens with two attached hydrogens (primary N) is 1. The lowest BCUT2D eigenvalue weighted by Crippen LogP contribution is -2.17. The van der Waals surface area contributed by atoms with Crippen LogP contribution in [0.1, 0.15) is 0 Å². The summed E-state index contributed by atoms with van der Waals surface area (Å²) in [5, 5.41) is 15.5. The van der Waals surface area contributed by atoms with Gasteiger partial charge in [-0.15, -0.1) is 0 Å². The van der Waals surface area contributed by atoms with Crippen LogP contribution < -0.4 is 5.73 Å². The van der Waals surface area contributed by atoms with Crippen LogP contribution in [-0.4, -0.2) is 25.7 Å². The summed E-state index contributed by atoms with van der Waals surface area (Å²) in [6.45, 7) is 0. The number of halogens is 4. The Bertz CT molecular complexity index is 118. The minimum Gasteiger partial charge on any atom is -0.465 e. The molecule has 0 bridgehead atoms. The van der Waals surface area contributed by atoms with E-state index >= 15 is 0 Å². The highest BCUT2D eigenvalue weighted by atomic mass is 35.6. The van der Waals surface area contributed by atoms with Crippen molar-refractivity contribution in [2.24, 2.45) is 5.73 Å². The summed E-state index contributed by atoms with van der Waals surface area (Å²) in [5.41, 5.74) is 2.59. The molecule has 0 saturated heterocycles. The fourth-order valence-corrected chi connectivity index (χ4v) is 0. The molecule has 8 heteroatoms. The predicted octanol–water partition coefficient (Wildman–Crippen LogP) is 1.54. The number of hydrogen-bond donors (Lipinski definition) is 3. The second-order valence-electron chi connectivity index (χ2n) is 1.22. The Morgan fingerprint density at radius 2 is 1.55 bits per heavy atom. The zero-order chi connectivity index (χ0) is 9.65. The van der Waals surface area contributed by atoms with Gasteiger partial charge in [-0.05, 0) is 0 Å². The van der Waals surface area contributed by atoms with Crippen molar-refractivity contribution in [2.75, 3.05) is 0 Å². The first-order valence-electron chi connectivity index (χ1n) is 2.05. The Kier molecular flexibility index (Phi) is 7.57. The maximum absolute atomic E-state index is 8.78. The van der Waals surface area contributed by atoms with Crippen LogP contribution in [0.4, 0.5) is 4.79 Å². The molecule has 4 nitrogen and oxygen atoms in total. The number of hydrogen-bond acceptors (Lipinski definition) is 2. The summed E-state index contributed by atoms with van der Waals surface area (Å²) in [7, 11) is 0. The van der Waals surface area contributed by atoms with Crippen LogP contribution in [0.2, 0.25) is 0 Å². The Hall–Kier alpha value is 0.390. The van der Waals surface area contributed by atoms with Gasteiger partial charge in [0.05, 0.1) is 0 Å². The molecule has 1 atom stereocenters. The minimum atomic E-state index is -1.76. The SMILES string of the molecule is NC(=O)O.OC(Cl)C(Cl)(Cl)Cl. The molecule has 1 unspecified atom stereocenters. The van der Waals surface area contributed by atoms with Crippen molar-refractivity contribution in [3.8, 4) is 0 Å². The van der Waals surface area contributed by atoms with E-state index in [0.29, 0.717) is 0 Å². The van der Waals surface area contributed by atoms with Gasteiger partial charge >= 0.3 is 6.09 Å². The van der Waals surface area contributed by atoms with Crippen molar-refractivity contribution >= 4 is 52.5 Å². The molecule has 4 N–H and O–H groups in total. The smallest absolute Gasteiger partial charge is 0.402 e. The lowest BCUT2D eigenvalue weighted by atomic mass is 10.8. The van der Waals surface area contributed by atoms with E-state index in [0.717, 1.165) is 0 Å². The first kappa shape index (κ1) is 13.9. The molecule has 0 fully saturated rings. The van der Waals surface area contributed by atoms with Crippen molar-refractivity contribution in [2.45, 2.75) is 9.36 Å². The third-order valence-electron chi connectivity index (χ3n) is 0.270. The molecule has 0 saturated carbocycles. The molecule has 0 aliphatic carbocycles. The van der Waals surface area contributed by atoms with Crippen molar-refractivity contribution in [3.63, 3.8) is 0 Å². The molecule has 0 aromatic rings. The number of amides is 1. The lowest BCUT2D eigenvalue weighted by molar-refractivity contribution is 0.205. The van der Waals surface area contributed by atoms with E-state index in [2.05, 4.69) is 5.73 Å². The highest BCUT2D eigenvalue weighted by Crippen LogP contribution is 2.31. The van der Waals surface area contributed by atoms with Gasteiger partial charge in [-0.3, -0.25) is 0 Å². The predicted molar refractivity (Wildman–Crippen MR) is 44.4 cm³/mol. The maximum atomic E-state index is 8.78. The molecule has 0 aliphatic rings. The summed E-state index contributed by atoms with van der Waals surface area (Å²) >= 11 is 20.0. The molecule has 0 radical (unpaired) electrons. The summed E-state index contributed by atoms with van der Waals surface area (Å²) in [6.07, 6.45) is -1.33. The normalized spacial score (nSPS) is 12.8. The summed E-state index contributed by atoms with van der Waals surface area (Å²) in [5.74, 6) is 0. The molecule has 68 valence electrons. The van der Waals surface area contributed by atoms with Crippen molar-refractivity contribution in [1.82, 2.24) is 0 Å². The second kappa shape index (κ2) is 5.97. The number of primary amides is 1. The summed E-state index contributed by atoms with van der Waals surface area (Å²) in [6, 6.07) is 0. The molecule has 0 aromatic carbocycles. The number of carbonyl (C=O) groups is 1. The molecule has 0 aromatic heterocycles. The minimum absolute atomic E-state index is 1.33. The number of carboxylic acid groups (broad SMARTS) is 1. The Labute approximate surface area is 82.8 Å². The van der Waals surface area contributed by atoms with Crippen LogP contribution in [0.25, 0.3) is 0 Å². The van der Waals surface area contributed by atoms with Crippen molar-refractivity contribution in [3.05, 3.63) is 0 Å². The van der Waals surface area contributed by atoms with E-state index in [9.17, 15) is 0 Å². The third-order valence-corrected chi connectivity index (χ3v) is 1.55. The third kappa shape index (κ3) is 17.9. The Balaban J connectivity index is 0. The molecule has 0 aliphatic heterocycles. The first-order chi connectivity index (χ1) is 4.68. The topological polar surface area (TPSA) is 83.6 Å². The highest BCUT2D eigenvalue weighted by Gasteiger charge is 2.28. The zero-order valence-corrected chi connectivity index (χ0v) is 7.99. The first-order valence-corrected chi connectivity index (χ1v) is 3.62. The van der Waals surface area contributed by atoms with E-state index in [4.69, 9.17) is 61.4 Å². The number of aliphatic hydroxyl groups is 1. The van der Waals surface area contributed by atoms with Gasteiger partial charge in [0.15, 0.2) is 5.56 Å². The highest BCUT2D eigenvalue weighted by molar-refractivity contribution is 6.69. The van der Waals surface area contributed by atoms with Crippen LogP contribution in [-0.2, 0) is 0 Å². The fourth-order valence-electron chi connectivity index (χ4n) is 0. The monoisotopic (exact) mass is 243 g/mol. The van der Waals surface area contributed by atoms with E-state index in [1.807, 2.05) is 0 Å². The fraction of sp³-hybridized carbons (Fsp3) is 0.667. The second-order valence-corrected chi connectivity index (χ2v) is 4.00. The van der Waals surface area contributed by atoms with Crippen molar-refractivity contribution < 1.29 is 15.0 Å². The quantitative estimate of drug-likeness (QED) is 0.566. The zero-order valence-electron chi connectivity index (χ0n) is 4.97. The van der Waals surface area contributed by atoms with E-state index in [1.54, 1.807) is 0 Å². The van der Waals surface area contributed by atoms with E-state index in [1.165, 1.54) is 0 Å². The average Bonchev–Trinajstić information content (AvgIpc) is 1.59. The van der Waals surface area contributed by atoms with Crippen LogP contribution in [0.5, 0.6) is 0 Å². The molecule has 0 heterocycles. The van der Waals surface area contributed by atoms with Gasteiger partial charge in [0, 0.05) is 0 Å². The molecular weight excluding hydrogens is 240 g/mol.